The Morgan fingerprint density at radius 1 is 1.06 bits per heavy atom. The van der Waals surface area contributed by atoms with Gasteiger partial charge in [-0.2, -0.15) is 0 Å². The van der Waals surface area contributed by atoms with Gasteiger partial charge in [-0.15, -0.1) is 0 Å². The molecule has 8 nitrogen and oxygen atoms in total. The van der Waals surface area contributed by atoms with Gasteiger partial charge < -0.3 is 15.0 Å². The fourth-order valence-electron chi connectivity index (χ4n) is 4.29. The molecule has 0 saturated carbocycles. The third-order valence-corrected chi connectivity index (χ3v) is 8.60. The molecule has 0 aromatic heterocycles. The number of hydrogen-bond acceptors (Lipinski definition) is 5. The molecule has 2 fully saturated rings. The maximum absolute atomic E-state index is 13.1. The van der Waals surface area contributed by atoms with Crippen LogP contribution >= 0.6 is 23.2 Å². The lowest BCUT2D eigenvalue weighted by Crippen LogP contribution is -2.44. The number of amides is 2. The summed E-state index contributed by atoms with van der Waals surface area (Å²) in [5, 5.41) is 3.58. The highest BCUT2D eigenvalue weighted by Gasteiger charge is 2.33. The molecular formula is C24H27Cl2N3O5S. The van der Waals surface area contributed by atoms with E-state index in [2.05, 4.69) is 5.32 Å². The quantitative estimate of drug-likeness (QED) is 0.604. The Morgan fingerprint density at radius 3 is 2.54 bits per heavy atom. The van der Waals surface area contributed by atoms with Crippen LogP contribution in [0.3, 0.4) is 0 Å². The number of halogens is 2. The number of anilines is 1. The highest BCUT2D eigenvalue weighted by atomic mass is 35.5. The van der Waals surface area contributed by atoms with E-state index >= 15 is 0 Å². The second-order valence-electron chi connectivity index (χ2n) is 8.63. The Bertz CT molecular complexity index is 1200. The second kappa shape index (κ2) is 11.3. The normalized spacial score (nSPS) is 19.4. The first-order chi connectivity index (χ1) is 16.7. The number of benzene rings is 2. The van der Waals surface area contributed by atoms with Gasteiger partial charge in [-0.05, 0) is 42.7 Å². The van der Waals surface area contributed by atoms with Crippen molar-refractivity contribution in [1.82, 2.24) is 9.21 Å². The molecule has 0 aliphatic carbocycles. The molecule has 2 amide bonds. The minimum Gasteiger partial charge on any atom is -0.378 e. The Balaban J connectivity index is 1.44. The van der Waals surface area contributed by atoms with Crippen LogP contribution in [0.1, 0.15) is 28.8 Å². The fourth-order valence-corrected chi connectivity index (χ4v) is 6.48. The van der Waals surface area contributed by atoms with Crippen molar-refractivity contribution in [3.05, 3.63) is 63.6 Å². The van der Waals surface area contributed by atoms with Gasteiger partial charge in [0.25, 0.3) is 5.91 Å². The molecule has 0 unspecified atom stereocenters. The minimum atomic E-state index is -3.69. The molecular weight excluding hydrogens is 513 g/mol. The molecule has 0 radical (unpaired) electrons. The summed E-state index contributed by atoms with van der Waals surface area (Å²) in [5.74, 6) is -1.28. The molecule has 2 aromatic rings. The van der Waals surface area contributed by atoms with Crippen LogP contribution in [0, 0.1) is 5.92 Å². The summed E-state index contributed by atoms with van der Waals surface area (Å²) < 4.78 is 32.8. The zero-order chi connectivity index (χ0) is 25.0. The van der Waals surface area contributed by atoms with Crippen LogP contribution in [0.25, 0.3) is 0 Å². The Hall–Kier alpha value is -2.17. The second-order valence-corrected chi connectivity index (χ2v) is 11.4. The Kier molecular flexibility index (Phi) is 8.34. The van der Waals surface area contributed by atoms with Crippen molar-refractivity contribution < 1.29 is 22.7 Å². The molecule has 35 heavy (non-hydrogen) atoms. The van der Waals surface area contributed by atoms with Crippen LogP contribution < -0.4 is 5.32 Å². The highest BCUT2D eigenvalue weighted by molar-refractivity contribution is 7.88. The third kappa shape index (κ3) is 6.34. The van der Waals surface area contributed by atoms with E-state index in [1.807, 2.05) is 0 Å². The van der Waals surface area contributed by atoms with Crippen LogP contribution in [-0.4, -0.2) is 68.8 Å². The molecule has 11 heteroatoms. The van der Waals surface area contributed by atoms with Crippen molar-refractivity contribution in [2.75, 3.05) is 44.7 Å². The van der Waals surface area contributed by atoms with Crippen molar-refractivity contribution in [3.63, 3.8) is 0 Å². The van der Waals surface area contributed by atoms with Gasteiger partial charge >= 0.3 is 0 Å². The highest BCUT2D eigenvalue weighted by Crippen LogP contribution is 2.27. The largest absolute Gasteiger partial charge is 0.378 e. The van der Waals surface area contributed by atoms with E-state index in [1.54, 1.807) is 41.3 Å². The Morgan fingerprint density at radius 2 is 1.80 bits per heavy atom. The van der Waals surface area contributed by atoms with Crippen LogP contribution in [0.15, 0.2) is 42.5 Å². The van der Waals surface area contributed by atoms with E-state index < -0.39 is 15.9 Å². The maximum Gasteiger partial charge on any atom is 0.256 e. The molecule has 188 valence electrons. The average molecular weight is 540 g/mol. The summed E-state index contributed by atoms with van der Waals surface area (Å²) in [6.45, 7) is 2.35. The molecule has 2 aliphatic heterocycles. The molecule has 1 N–H and O–H groups in total. The zero-order valence-corrected chi connectivity index (χ0v) is 21.4. The summed E-state index contributed by atoms with van der Waals surface area (Å²) in [7, 11) is -3.69. The molecule has 2 aromatic carbocycles. The SMILES string of the molecule is O=C(Nc1ccccc1C(=O)N1CCOCC1)[C@@H]1CCCN(S(=O)(=O)Cc2ccc(Cl)cc2Cl)C1. The first kappa shape index (κ1) is 25.9. The molecule has 4 rings (SSSR count). The number of para-hydroxylation sites is 1. The number of rotatable bonds is 6. The van der Waals surface area contributed by atoms with Crippen molar-refractivity contribution in [2.45, 2.75) is 18.6 Å². The summed E-state index contributed by atoms with van der Waals surface area (Å²) in [5.41, 5.74) is 1.28. The van der Waals surface area contributed by atoms with Crippen molar-refractivity contribution >= 4 is 50.7 Å². The van der Waals surface area contributed by atoms with Crippen LogP contribution in [-0.2, 0) is 25.3 Å². The predicted octanol–water partition coefficient (Wildman–Crippen LogP) is 3.65. The van der Waals surface area contributed by atoms with Crippen LogP contribution in [0.2, 0.25) is 10.0 Å². The van der Waals surface area contributed by atoms with Crippen molar-refractivity contribution in [3.8, 4) is 0 Å². The lowest BCUT2D eigenvalue weighted by molar-refractivity contribution is -0.120. The van der Waals surface area contributed by atoms with Gasteiger partial charge in [0.05, 0.1) is 36.1 Å². The van der Waals surface area contributed by atoms with Crippen LogP contribution in [0.5, 0.6) is 0 Å². The third-order valence-electron chi connectivity index (χ3n) is 6.21. The number of morpholine rings is 1. The van der Waals surface area contributed by atoms with E-state index in [0.717, 1.165) is 0 Å². The van der Waals surface area contributed by atoms with Gasteiger partial charge in [0.15, 0.2) is 0 Å². The summed E-state index contributed by atoms with van der Waals surface area (Å²) >= 11 is 12.1. The molecule has 2 saturated heterocycles. The van der Waals surface area contributed by atoms with Crippen molar-refractivity contribution in [1.29, 1.82) is 0 Å². The number of piperidine rings is 1. The predicted molar refractivity (Wildman–Crippen MR) is 135 cm³/mol. The monoisotopic (exact) mass is 539 g/mol. The van der Waals surface area contributed by atoms with Gasteiger partial charge in [-0.1, -0.05) is 41.4 Å². The lowest BCUT2D eigenvalue weighted by atomic mass is 9.98. The number of hydrogen-bond donors (Lipinski definition) is 1. The molecule has 0 spiro atoms. The van der Waals surface area contributed by atoms with E-state index in [-0.39, 0.29) is 29.1 Å². The standard InChI is InChI=1S/C24H27Cl2N3O5S/c25-19-8-7-18(21(26)14-19)16-35(32,33)29-9-3-4-17(15-29)23(30)27-22-6-2-1-5-20(22)24(31)28-10-12-34-13-11-28/h1-2,5-8,14,17H,3-4,9-13,15-16H2,(H,27,30)/t17-/m1/s1. The first-order valence-electron chi connectivity index (χ1n) is 11.4. The number of ether oxygens (including phenoxy) is 1. The van der Waals surface area contributed by atoms with Gasteiger partial charge in [0.1, 0.15) is 0 Å². The first-order valence-corrected chi connectivity index (χ1v) is 13.8. The molecule has 0 bridgehead atoms. The number of nitrogens with one attached hydrogen (secondary N) is 1. The number of carbonyl (C=O) groups excluding carboxylic acids is 2. The van der Waals surface area contributed by atoms with Crippen LogP contribution in [0.4, 0.5) is 5.69 Å². The van der Waals surface area contributed by atoms with Gasteiger partial charge in [0.2, 0.25) is 15.9 Å². The average Bonchev–Trinajstić information content (AvgIpc) is 2.86. The van der Waals surface area contributed by atoms with Gasteiger partial charge in [-0.25, -0.2) is 12.7 Å². The van der Waals surface area contributed by atoms with E-state index in [1.165, 1.54) is 10.4 Å². The van der Waals surface area contributed by atoms with E-state index in [0.29, 0.717) is 67.5 Å². The zero-order valence-electron chi connectivity index (χ0n) is 19.1. The number of sulfonamides is 1. The maximum atomic E-state index is 13.1. The number of carbonyl (C=O) groups is 2. The summed E-state index contributed by atoms with van der Waals surface area (Å²) in [6, 6.07) is 11.6. The van der Waals surface area contributed by atoms with Gasteiger partial charge in [-0.3, -0.25) is 9.59 Å². The summed E-state index contributed by atoms with van der Waals surface area (Å²) in [4.78, 5) is 27.8. The van der Waals surface area contributed by atoms with Gasteiger partial charge in [0, 0.05) is 36.2 Å². The summed E-state index contributed by atoms with van der Waals surface area (Å²) in [6.07, 6.45) is 1.11. The van der Waals surface area contributed by atoms with E-state index in [4.69, 9.17) is 27.9 Å². The van der Waals surface area contributed by atoms with Crippen molar-refractivity contribution in [2.24, 2.45) is 5.92 Å². The van der Waals surface area contributed by atoms with E-state index in [9.17, 15) is 18.0 Å². The smallest absolute Gasteiger partial charge is 0.256 e. The fraction of sp³-hybridized carbons (Fsp3) is 0.417. The number of nitrogens with zero attached hydrogens (tertiary/aromatic N) is 2. The lowest BCUT2D eigenvalue weighted by Gasteiger charge is -2.31. The topological polar surface area (TPSA) is 96.0 Å². The molecule has 2 heterocycles. The minimum absolute atomic E-state index is 0.0684. The molecule has 1 atom stereocenters. The molecule has 2 aliphatic rings. The Labute approximate surface area is 215 Å².